The van der Waals surface area contributed by atoms with Crippen molar-refractivity contribution >= 4 is 17.7 Å². The Kier molecular flexibility index (Phi) is 7.18. The number of hydrogen-bond acceptors (Lipinski definition) is 4. The van der Waals surface area contributed by atoms with Crippen molar-refractivity contribution in [2.24, 2.45) is 5.92 Å². The minimum atomic E-state index is -0.477. The second-order valence-corrected chi connectivity index (χ2v) is 6.36. The van der Waals surface area contributed by atoms with Crippen molar-refractivity contribution in [1.82, 2.24) is 4.42 Å². The molecular weight excluding hydrogens is 254 g/mol. The van der Waals surface area contributed by atoms with Gasteiger partial charge in [0.1, 0.15) is 5.60 Å². The molecule has 0 N–H and O–H groups in total. The van der Waals surface area contributed by atoms with Crippen molar-refractivity contribution in [1.29, 1.82) is 0 Å². The van der Waals surface area contributed by atoms with Crippen molar-refractivity contribution in [3.05, 3.63) is 0 Å². The third-order valence-electron chi connectivity index (χ3n) is 2.57. The fraction of sp³-hybridized carbons (Fsp3) is 0.923. The first-order chi connectivity index (χ1) is 8.08. The number of likely N-dealkylation sites (N-methyl/N-ethyl adjacent to an activating group) is 1. The molecule has 0 fully saturated rings. The molecule has 0 aromatic carbocycles. The summed E-state index contributed by atoms with van der Waals surface area (Å²) in [4.78, 5) is 11.8. The zero-order valence-corrected chi connectivity index (χ0v) is 13.2. The molecular formula is C13H26ClNO3. The van der Waals surface area contributed by atoms with Crippen LogP contribution in [0.3, 0.4) is 0 Å². The zero-order valence-electron chi connectivity index (χ0n) is 12.5. The van der Waals surface area contributed by atoms with Crippen LogP contribution in [-0.4, -0.2) is 42.3 Å². The predicted molar refractivity (Wildman–Crippen MR) is 73.5 cm³/mol. The van der Waals surface area contributed by atoms with Crippen molar-refractivity contribution in [3.8, 4) is 0 Å². The monoisotopic (exact) mass is 279 g/mol. The minimum Gasteiger partial charge on any atom is -0.460 e. The standard InChI is InChI=1S/C13H26ClNO3/c1-9(2)12(15(6)14)10(17-7)8-11(16)18-13(3,4)5/h9-10,12H,8H2,1-7H3/t10-,12+/m1/s1. The first kappa shape index (κ1) is 17.7. The summed E-state index contributed by atoms with van der Waals surface area (Å²) in [5, 5.41) is 0. The Hall–Kier alpha value is -0.320. The molecule has 0 saturated heterocycles. The third-order valence-corrected chi connectivity index (χ3v) is 2.79. The Morgan fingerprint density at radius 1 is 1.33 bits per heavy atom. The Morgan fingerprint density at radius 2 is 1.83 bits per heavy atom. The van der Waals surface area contributed by atoms with Gasteiger partial charge < -0.3 is 9.47 Å². The molecule has 0 unspecified atom stereocenters. The number of hydrogen-bond donors (Lipinski definition) is 0. The molecule has 0 amide bonds. The lowest BCUT2D eigenvalue weighted by Crippen LogP contribution is -2.43. The van der Waals surface area contributed by atoms with E-state index in [-0.39, 0.29) is 30.5 Å². The quantitative estimate of drug-likeness (QED) is 0.554. The first-order valence-electron chi connectivity index (χ1n) is 6.21. The van der Waals surface area contributed by atoms with Crippen LogP contribution in [0.15, 0.2) is 0 Å². The number of carbonyl (C=O) groups is 1. The van der Waals surface area contributed by atoms with Crippen LogP contribution < -0.4 is 0 Å². The Bertz CT molecular complexity index is 253. The average Bonchev–Trinajstić information content (AvgIpc) is 2.11. The van der Waals surface area contributed by atoms with Crippen LogP contribution in [0, 0.1) is 5.92 Å². The van der Waals surface area contributed by atoms with E-state index >= 15 is 0 Å². The molecule has 0 bridgehead atoms. The molecule has 0 aromatic rings. The molecule has 0 aliphatic heterocycles. The van der Waals surface area contributed by atoms with Crippen LogP contribution in [0.5, 0.6) is 0 Å². The van der Waals surface area contributed by atoms with Gasteiger partial charge in [-0.1, -0.05) is 13.8 Å². The number of halogens is 1. The maximum atomic E-state index is 11.8. The van der Waals surface area contributed by atoms with Gasteiger partial charge in [-0.25, -0.2) is 4.42 Å². The van der Waals surface area contributed by atoms with Gasteiger partial charge in [0.2, 0.25) is 0 Å². The van der Waals surface area contributed by atoms with Crippen LogP contribution in [0.4, 0.5) is 0 Å². The number of carbonyl (C=O) groups excluding carboxylic acids is 1. The smallest absolute Gasteiger partial charge is 0.309 e. The average molecular weight is 280 g/mol. The van der Waals surface area contributed by atoms with Gasteiger partial charge in [-0.05, 0) is 38.5 Å². The maximum Gasteiger partial charge on any atom is 0.309 e. The highest BCUT2D eigenvalue weighted by atomic mass is 35.5. The first-order valence-corrected chi connectivity index (χ1v) is 6.55. The highest BCUT2D eigenvalue weighted by Crippen LogP contribution is 2.21. The number of esters is 1. The van der Waals surface area contributed by atoms with Crippen molar-refractivity contribution in [2.75, 3.05) is 14.2 Å². The van der Waals surface area contributed by atoms with Crippen LogP contribution in [0.1, 0.15) is 41.0 Å². The summed E-state index contributed by atoms with van der Waals surface area (Å²) in [6.45, 7) is 9.64. The van der Waals surface area contributed by atoms with Crippen LogP contribution in [0.2, 0.25) is 0 Å². The lowest BCUT2D eigenvalue weighted by Gasteiger charge is -2.32. The number of methoxy groups -OCH3 is 1. The third kappa shape index (κ3) is 6.57. The predicted octanol–water partition coefficient (Wildman–Crippen LogP) is 2.84. The molecule has 0 aliphatic rings. The van der Waals surface area contributed by atoms with E-state index in [1.165, 1.54) is 0 Å². The lowest BCUT2D eigenvalue weighted by atomic mass is 9.96. The van der Waals surface area contributed by atoms with E-state index in [0.717, 1.165) is 0 Å². The molecule has 0 aliphatic carbocycles. The number of nitrogens with zero attached hydrogens (tertiary/aromatic N) is 1. The van der Waals surface area contributed by atoms with Gasteiger partial charge in [-0.2, -0.15) is 0 Å². The number of rotatable bonds is 6. The number of ether oxygens (including phenoxy) is 2. The van der Waals surface area contributed by atoms with Crippen molar-refractivity contribution < 1.29 is 14.3 Å². The molecule has 0 spiro atoms. The molecule has 2 atom stereocenters. The zero-order chi connectivity index (χ0) is 14.5. The van der Waals surface area contributed by atoms with Crippen molar-refractivity contribution in [2.45, 2.75) is 58.8 Å². The largest absolute Gasteiger partial charge is 0.460 e. The van der Waals surface area contributed by atoms with E-state index < -0.39 is 5.60 Å². The van der Waals surface area contributed by atoms with Gasteiger partial charge >= 0.3 is 5.97 Å². The van der Waals surface area contributed by atoms with Gasteiger partial charge in [0, 0.05) is 14.2 Å². The fourth-order valence-electron chi connectivity index (χ4n) is 1.96. The molecule has 0 heterocycles. The summed E-state index contributed by atoms with van der Waals surface area (Å²) in [6, 6.07) is -0.0378. The van der Waals surface area contributed by atoms with E-state index in [1.54, 1.807) is 18.6 Å². The second-order valence-electron chi connectivity index (χ2n) is 5.82. The van der Waals surface area contributed by atoms with Gasteiger partial charge in [0.15, 0.2) is 0 Å². The van der Waals surface area contributed by atoms with Crippen LogP contribution in [-0.2, 0) is 14.3 Å². The van der Waals surface area contributed by atoms with E-state index in [4.69, 9.17) is 21.3 Å². The molecule has 5 heteroatoms. The van der Waals surface area contributed by atoms with Gasteiger partial charge in [-0.15, -0.1) is 0 Å². The van der Waals surface area contributed by atoms with E-state index in [9.17, 15) is 4.79 Å². The summed E-state index contributed by atoms with van der Waals surface area (Å²) in [5.41, 5.74) is -0.477. The van der Waals surface area contributed by atoms with Gasteiger partial charge in [0.05, 0.1) is 18.6 Å². The molecule has 0 aromatic heterocycles. The van der Waals surface area contributed by atoms with E-state index in [1.807, 2.05) is 34.6 Å². The van der Waals surface area contributed by atoms with Crippen LogP contribution in [0.25, 0.3) is 0 Å². The SMILES string of the molecule is CO[C@H](CC(=O)OC(C)(C)C)[C@H](C(C)C)N(C)Cl. The van der Waals surface area contributed by atoms with E-state index in [2.05, 4.69) is 0 Å². The fourth-order valence-corrected chi connectivity index (χ4v) is 2.31. The second kappa shape index (κ2) is 7.31. The van der Waals surface area contributed by atoms with Crippen LogP contribution >= 0.6 is 11.8 Å². The summed E-state index contributed by atoms with van der Waals surface area (Å²) < 4.78 is 12.3. The summed E-state index contributed by atoms with van der Waals surface area (Å²) in [7, 11) is 3.36. The van der Waals surface area contributed by atoms with Gasteiger partial charge in [-0.3, -0.25) is 4.79 Å². The lowest BCUT2D eigenvalue weighted by molar-refractivity contribution is -0.158. The molecule has 0 rings (SSSR count). The summed E-state index contributed by atoms with van der Waals surface area (Å²) in [5.74, 6) is 0.0124. The minimum absolute atomic E-state index is 0.0378. The Labute approximate surface area is 116 Å². The molecule has 108 valence electrons. The molecule has 0 radical (unpaired) electrons. The highest BCUT2D eigenvalue weighted by Gasteiger charge is 2.31. The topological polar surface area (TPSA) is 38.8 Å². The Morgan fingerprint density at radius 3 is 2.11 bits per heavy atom. The van der Waals surface area contributed by atoms with Gasteiger partial charge in [0.25, 0.3) is 0 Å². The van der Waals surface area contributed by atoms with Crippen molar-refractivity contribution in [3.63, 3.8) is 0 Å². The van der Waals surface area contributed by atoms with E-state index in [0.29, 0.717) is 0 Å². The molecule has 18 heavy (non-hydrogen) atoms. The molecule has 0 saturated carbocycles. The molecule has 4 nitrogen and oxygen atoms in total. The summed E-state index contributed by atoms with van der Waals surface area (Å²) >= 11 is 6.03. The maximum absolute atomic E-state index is 11.8. The highest BCUT2D eigenvalue weighted by molar-refractivity contribution is 6.13. The summed E-state index contributed by atoms with van der Waals surface area (Å²) in [6.07, 6.45) is -0.0735. The Balaban J connectivity index is 4.63. The normalized spacial score (nSPS) is 15.9.